The smallest absolute Gasteiger partial charge is 0.238 e. The normalized spacial score (nSPS) is 11.5. The van der Waals surface area contributed by atoms with Crippen LogP contribution in [0.5, 0.6) is 5.75 Å². The molecule has 0 atom stereocenters. The third kappa shape index (κ3) is 3.79. The van der Waals surface area contributed by atoms with Crippen molar-refractivity contribution in [2.45, 2.75) is 11.4 Å². The summed E-state index contributed by atoms with van der Waals surface area (Å²) in [6.45, 7) is 1.10. The fourth-order valence-corrected chi connectivity index (χ4v) is 2.64. The SMILES string of the molecule is NS(=O)(=O)c1ccc(OCCn2ccnc2)c(Br)c1. The fourth-order valence-electron chi connectivity index (χ4n) is 1.46. The minimum Gasteiger partial charge on any atom is -0.491 e. The molecule has 0 unspecified atom stereocenters. The van der Waals surface area contributed by atoms with E-state index in [1.54, 1.807) is 18.6 Å². The second-order valence-electron chi connectivity index (χ2n) is 3.79. The molecule has 6 nitrogen and oxygen atoms in total. The number of ether oxygens (including phenoxy) is 1. The van der Waals surface area contributed by atoms with Crippen LogP contribution in [0.2, 0.25) is 0 Å². The number of rotatable bonds is 5. The Morgan fingerprint density at radius 1 is 1.42 bits per heavy atom. The second kappa shape index (κ2) is 5.72. The van der Waals surface area contributed by atoms with Gasteiger partial charge in [0.05, 0.1) is 22.2 Å². The summed E-state index contributed by atoms with van der Waals surface area (Å²) in [5.41, 5.74) is 0. The summed E-state index contributed by atoms with van der Waals surface area (Å²) in [6, 6.07) is 4.40. The lowest BCUT2D eigenvalue weighted by Crippen LogP contribution is -2.12. The van der Waals surface area contributed by atoms with E-state index in [-0.39, 0.29) is 4.90 Å². The molecule has 1 heterocycles. The Morgan fingerprint density at radius 3 is 2.79 bits per heavy atom. The van der Waals surface area contributed by atoms with E-state index < -0.39 is 10.0 Å². The van der Waals surface area contributed by atoms with Gasteiger partial charge in [0.25, 0.3) is 0 Å². The third-order valence-corrected chi connectivity index (χ3v) is 3.93. The molecule has 0 aliphatic carbocycles. The summed E-state index contributed by atoms with van der Waals surface area (Å²) in [5.74, 6) is 0.563. The van der Waals surface area contributed by atoms with E-state index in [1.807, 2.05) is 10.8 Å². The Kier molecular flexibility index (Phi) is 4.23. The maximum atomic E-state index is 11.2. The Labute approximate surface area is 119 Å². The molecule has 0 aliphatic heterocycles. The summed E-state index contributed by atoms with van der Waals surface area (Å²) < 4.78 is 30.3. The molecular weight excluding hydrogens is 334 g/mol. The van der Waals surface area contributed by atoms with E-state index in [9.17, 15) is 8.42 Å². The average Bonchev–Trinajstić information content (AvgIpc) is 2.83. The van der Waals surface area contributed by atoms with Gasteiger partial charge in [0, 0.05) is 12.4 Å². The van der Waals surface area contributed by atoms with Gasteiger partial charge in [-0.1, -0.05) is 0 Å². The van der Waals surface area contributed by atoms with Crippen LogP contribution < -0.4 is 9.88 Å². The van der Waals surface area contributed by atoms with E-state index in [2.05, 4.69) is 20.9 Å². The van der Waals surface area contributed by atoms with Crippen LogP contribution in [-0.2, 0) is 16.6 Å². The first-order valence-electron chi connectivity index (χ1n) is 5.38. The number of sulfonamides is 1. The molecule has 0 saturated heterocycles. The molecule has 0 spiro atoms. The molecule has 0 radical (unpaired) electrons. The predicted molar refractivity (Wildman–Crippen MR) is 73.2 cm³/mol. The molecule has 1 aromatic carbocycles. The van der Waals surface area contributed by atoms with Crippen molar-refractivity contribution < 1.29 is 13.2 Å². The van der Waals surface area contributed by atoms with E-state index >= 15 is 0 Å². The molecule has 0 bridgehead atoms. The number of primary sulfonamides is 1. The van der Waals surface area contributed by atoms with Gasteiger partial charge in [0.15, 0.2) is 0 Å². The monoisotopic (exact) mass is 345 g/mol. The molecule has 1 aromatic heterocycles. The highest BCUT2D eigenvalue weighted by Gasteiger charge is 2.10. The number of benzene rings is 1. The van der Waals surface area contributed by atoms with Crippen LogP contribution in [0.25, 0.3) is 0 Å². The summed E-state index contributed by atoms with van der Waals surface area (Å²) in [7, 11) is -3.70. The molecule has 0 fully saturated rings. The molecule has 8 heteroatoms. The van der Waals surface area contributed by atoms with Gasteiger partial charge in [-0.2, -0.15) is 0 Å². The van der Waals surface area contributed by atoms with Crippen molar-refractivity contribution in [2.75, 3.05) is 6.61 Å². The van der Waals surface area contributed by atoms with Crippen molar-refractivity contribution in [2.24, 2.45) is 5.14 Å². The van der Waals surface area contributed by atoms with E-state index in [4.69, 9.17) is 9.88 Å². The molecule has 0 amide bonds. The van der Waals surface area contributed by atoms with Gasteiger partial charge in [0.1, 0.15) is 12.4 Å². The van der Waals surface area contributed by atoms with Gasteiger partial charge in [0.2, 0.25) is 10.0 Å². The van der Waals surface area contributed by atoms with E-state index in [1.165, 1.54) is 12.1 Å². The highest BCUT2D eigenvalue weighted by atomic mass is 79.9. The number of nitrogens with zero attached hydrogens (tertiary/aromatic N) is 2. The van der Waals surface area contributed by atoms with Gasteiger partial charge < -0.3 is 9.30 Å². The lowest BCUT2D eigenvalue weighted by atomic mass is 10.3. The zero-order valence-corrected chi connectivity index (χ0v) is 12.3. The van der Waals surface area contributed by atoms with E-state index in [0.717, 1.165) is 0 Å². The highest BCUT2D eigenvalue weighted by molar-refractivity contribution is 9.10. The Hall–Kier alpha value is -1.38. The quantitative estimate of drug-likeness (QED) is 0.886. The van der Waals surface area contributed by atoms with E-state index in [0.29, 0.717) is 23.4 Å². The number of nitrogens with two attached hydrogens (primary N) is 1. The van der Waals surface area contributed by atoms with Crippen molar-refractivity contribution in [3.63, 3.8) is 0 Å². The first kappa shape index (κ1) is 14.0. The topological polar surface area (TPSA) is 87.2 Å². The number of hydrogen-bond acceptors (Lipinski definition) is 4. The standard InChI is InChI=1S/C11H12BrN3O3S/c12-10-7-9(19(13,16)17)1-2-11(10)18-6-5-15-4-3-14-8-15/h1-4,7-8H,5-6H2,(H2,13,16,17). The number of halogens is 1. The van der Waals surface area contributed by atoms with Crippen LogP contribution in [0.15, 0.2) is 46.3 Å². The molecule has 2 rings (SSSR count). The largest absolute Gasteiger partial charge is 0.491 e. The van der Waals surface area contributed by atoms with Crippen LogP contribution in [0, 0.1) is 0 Å². The first-order chi connectivity index (χ1) is 8.97. The first-order valence-corrected chi connectivity index (χ1v) is 7.71. The Bertz CT molecular complexity index is 656. The lowest BCUT2D eigenvalue weighted by Gasteiger charge is -2.09. The minimum absolute atomic E-state index is 0.0429. The van der Waals surface area contributed by atoms with Gasteiger partial charge >= 0.3 is 0 Å². The number of hydrogen-bond donors (Lipinski definition) is 1. The molecular formula is C11H12BrN3O3S. The zero-order valence-electron chi connectivity index (χ0n) is 9.86. The van der Waals surface area contributed by atoms with Gasteiger partial charge in [-0.3, -0.25) is 0 Å². The number of aromatic nitrogens is 2. The van der Waals surface area contributed by atoms with Crippen molar-refractivity contribution in [3.8, 4) is 5.75 Å². The Balaban J connectivity index is 2.01. The Morgan fingerprint density at radius 2 is 2.21 bits per heavy atom. The van der Waals surface area contributed by atoms with Crippen molar-refractivity contribution in [3.05, 3.63) is 41.4 Å². The summed E-state index contributed by atoms with van der Waals surface area (Å²) in [6.07, 6.45) is 5.22. The van der Waals surface area contributed by atoms with Gasteiger partial charge in [-0.25, -0.2) is 18.5 Å². The molecule has 19 heavy (non-hydrogen) atoms. The van der Waals surface area contributed by atoms with Crippen LogP contribution in [0.1, 0.15) is 0 Å². The highest BCUT2D eigenvalue weighted by Crippen LogP contribution is 2.27. The average molecular weight is 346 g/mol. The third-order valence-electron chi connectivity index (χ3n) is 2.40. The molecule has 2 aromatic rings. The summed E-state index contributed by atoms with van der Waals surface area (Å²) >= 11 is 3.25. The van der Waals surface area contributed by atoms with Gasteiger partial charge in [-0.15, -0.1) is 0 Å². The number of imidazole rings is 1. The maximum absolute atomic E-state index is 11.2. The van der Waals surface area contributed by atoms with Crippen LogP contribution in [0.3, 0.4) is 0 Å². The zero-order chi connectivity index (χ0) is 13.9. The fraction of sp³-hybridized carbons (Fsp3) is 0.182. The van der Waals surface area contributed by atoms with Crippen LogP contribution in [-0.4, -0.2) is 24.6 Å². The van der Waals surface area contributed by atoms with Crippen molar-refractivity contribution >= 4 is 26.0 Å². The summed E-state index contributed by atoms with van der Waals surface area (Å²) in [4.78, 5) is 3.96. The maximum Gasteiger partial charge on any atom is 0.238 e. The summed E-state index contributed by atoms with van der Waals surface area (Å²) in [5, 5.41) is 5.04. The molecule has 0 aliphatic rings. The molecule has 0 saturated carbocycles. The van der Waals surface area contributed by atoms with Crippen LogP contribution >= 0.6 is 15.9 Å². The molecule has 2 N–H and O–H groups in total. The second-order valence-corrected chi connectivity index (χ2v) is 6.20. The molecule has 102 valence electrons. The minimum atomic E-state index is -3.70. The van der Waals surface area contributed by atoms with Gasteiger partial charge in [-0.05, 0) is 34.1 Å². The lowest BCUT2D eigenvalue weighted by molar-refractivity contribution is 0.296. The van der Waals surface area contributed by atoms with Crippen molar-refractivity contribution in [1.82, 2.24) is 9.55 Å². The van der Waals surface area contributed by atoms with Crippen LogP contribution in [0.4, 0.5) is 0 Å². The van der Waals surface area contributed by atoms with Crippen molar-refractivity contribution in [1.29, 1.82) is 0 Å². The predicted octanol–water partition coefficient (Wildman–Crippen LogP) is 1.37.